The van der Waals surface area contributed by atoms with Crippen molar-refractivity contribution in [2.45, 2.75) is 18.7 Å². The second kappa shape index (κ2) is 9.17. The average molecular weight is 579 g/mol. The number of carbonyl (C=O) groups is 2. The summed E-state index contributed by atoms with van der Waals surface area (Å²) in [4.78, 5) is 31.2. The molecule has 10 heteroatoms. The van der Waals surface area contributed by atoms with E-state index in [1.54, 1.807) is 42.5 Å². The number of ether oxygens (including phenoxy) is 1. The van der Waals surface area contributed by atoms with Crippen LogP contribution in [0.15, 0.2) is 59.2 Å². The zero-order valence-corrected chi connectivity index (χ0v) is 21.3. The lowest BCUT2D eigenvalue weighted by Gasteiger charge is -2.39. The molecule has 1 aliphatic carbocycles. The van der Waals surface area contributed by atoms with E-state index < -0.39 is 23.4 Å². The molecule has 1 fully saturated rings. The van der Waals surface area contributed by atoms with Crippen LogP contribution in [0.3, 0.4) is 0 Å². The van der Waals surface area contributed by atoms with Gasteiger partial charge in [0.15, 0.2) is 5.72 Å². The van der Waals surface area contributed by atoms with Gasteiger partial charge in [-0.2, -0.15) is 0 Å². The van der Waals surface area contributed by atoms with Crippen molar-refractivity contribution in [3.05, 3.63) is 97.4 Å². The number of fused-ring (bicyclic) bond motifs is 1. The summed E-state index contributed by atoms with van der Waals surface area (Å²) in [5, 5.41) is 0.929. The Balaban J connectivity index is 1.67. The third-order valence-electron chi connectivity index (χ3n) is 6.39. The molecule has 2 heterocycles. The highest BCUT2D eigenvalue weighted by molar-refractivity contribution is 9.10. The monoisotopic (exact) mass is 577 g/mol. The smallest absolute Gasteiger partial charge is 0.257 e. The summed E-state index contributed by atoms with van der Waals surface area (Å²) in [5.74, 6) is -1.86. The fourth-order valence-corrected chi connectivity index (χ4v) is 5.24. The fraction of sp³-hybridized carbons (Fsp3) is 0.240. The van der Waals surface area contributed by atoms with Gasteiger partial charge in [0.2, 0.25) is 5.91 Å². The summed E-state index contributed by atoms with van der Waals surface area (Å²) in [6.45, 7) is 0.122. The average Bonchev–Trinajstić information content (AvgIpc) is 3.56. The Kier molecular flexibility index (Phi) is 6.34. The van der Waals surface area contributed by atoms with Crippen molar-refractivity contribution < 1.29 is 18.7 Å². The third kappa shape index (κ3) is 4.33. The number of nitrogens with two attached hydrogens (primary N) is 1. The van der Waals surface area contributed by atoms with Crippen molar-refractivity contribution in [2.24, 2.45) is 17.6 Å². The number of aromatic nitrogens is 1. The summed E-state index contributed by atoms with van der Waals surface area (Å²) in [6.07, 6.45) is 2.06. The quantitative estimate of drug-likeness (QED) is 0.413. The van der Waals surface area contributed by atoms with Gasteiger partial charge in [0.25, 0.3) is 5.91 Å². The molecule has 2 aliphatic rings. The van der Waals surface area contributed by atoms with Crippen LogP contribution in [0, 0.1) is 17.7 Å². The van der Waals surface area contributed by atoms with E-state index in [0.717, 1.165) is 0 Å². The molecule has 0 bridgehead atoms. The number of primary amides is 1. The SMILES string of the molecule is NC(=O)C1CC1CO[C@]1(c2ccc(Cl)cc2)c2c(F)cc(Br)cc2C(=O)N1Cc1ccc(Cl)cn1. The van der Waals surface area contributed by atoms with E-state index in [0.29, 0.717) is 32.2 Å². The van der Waals surface area contributed by atoms with E-state index in [1.807, 2.05) is 0 Å². The zero-order chi connectivity index (χ0) is 24.9. The topological polar surface area (TPSA) is 85.5 Å². The maximum absolute atomic E-state index is 15.7. The minimum Gasteiger partial charge on any atom is -0.369 e. The van der Waals surface area contributed by atoms with Crippen molar-refractivity contribution in [1.29, 1.82) is 0 Å². The molecule has 2 amide bonds. The highest BCUT2D eigenvalue weighted by Crippen LogP contribution is 2.50. The number of rotatable bonds is 7. The predicted octanol–water partition coefficient (Wildman–Crippen LogP) is 5.29. The summed E-state index contributed by atoms with van der Waals surface area (Å²) in [5.41, 5.74) is 5.16. The number of halogens is 4. The Hall–Kier alpha value is -2.52. The van der Waals surface area contributed by atoms with E-state index in [1.165, 1.54) is 17.2 Å². The van der Waals surface area contributed by atoms with Gasteiger partial charge in [-0.15, -0.1) is 0 Å². The molecule has 5 rings (SSSR count). The van der Waals surface area contributed by atoms with Crippen LogP contribution in [-0.4, -0.2) is 28.3 Å². The van der Waals surface area contributed by atoms with E-state index >= 15 is 4.39 Å². The van der Waals surface area contributed by atoms with Crippen LogP contribution >= 0.6 is 39.1 Å². The first-order valence-electron chi connectivity index (χ1n) is 10.8. The Morgan fingerprint density at radius 1 is 1.20 bits per heavy atom. The lowest BCUT2D eigenvalue weighted by molar-refractivity contribution is -0.125. The molecule has 1 aliphatic heterocycles. The van der Waals surface area contributed by atoms with Crippen molar-refractivity contribution in [3.63, 3.8) is 0 Å². The maximum Gasteiger partial charge on any atom is 0.257 e. The van der Waals surface area contributed by atoms with Gasteiger partial charge >= 0.3 is 0 Å². The molecule has 35 heavy (non-hydrogen) atoms. The summed E-state index contributed by atoms with van der Waals surface area (Å²) < 4.78 is 22.6. The third-order valence-corrected chi connectivity index (χ3v) is 7.32. The first-order valence-corrected chi connectivity index (χ1v) is 12.4. The highest BCUT2D eigenvalue weighted by atomic mass is 79.9. The minimum atomic E-state index is -1.62. The highest BCUT2D eigenvalue weighted by Gasteiger charge is 2.55. The van der Waals surface area contributed by atoms with Crippen LogP contribution in [0.5, 0.6) is 0 Å². The number of hydrogen-bond acceptors (Lipinski definition) is 4. The molecule has 1 saturated carbocycles. The van der Waals surface area contributed by atoms with Gasteiger partial charge in [-0.1, -0.05) is 51.3 Å². The predicted molar refractivity (Wildman–Crippen MR) is 132 cm³/mol. The molecule has 0 spiro atoms. The summed E-state index contributed by atoms with van der Waals surface area (Å²) >= 11 is 15.4. The van der Waals surface area contributed by atoms with Crippen molar-refractivity contribution in [3.8, 4) is 0 Å². The number of carbonyl (C=O) groups excluding carboxylic acids is 2. The molecular formula is C25H19BrCl2FN3O3. The lowest BCUT2D eigenvalue weighted by atomic mass is 9.92. The van der Waals surface area contributed by atoms with Crippen LogP contribution < -0.4 is 5.73 Å². The molecule has 2 unspecified atom stereocenters. The van der Waals surface area contributed by atoms with Gasteiger partial charge in [0, 0.05) is 27.2 Å². The summed E-state index contributed by atoms with van der Waals surface area (Å²) in [7, 11) is 0. The zero-order valence-electron chi connectivity index (χ0n) is 18.2. The molecule has 0 radical (unpaired) electrons. The van der Waals surface area contributed by atoms with E-state index in [4.69, 9.17) is 33.7 Å². The number of benzene rings is 2. The van der Waals surface area contributed by atoms with Crippen LogP contribution in [-0.2, 0) is 21.8 Å². The van der Waals surface area contributed by atoms with E-state index in [2.05, 4.69) is 20.9 Å². The lowest BCUT2D eigenvalue weighted by Crippen LogP contribution is -2.47. The molecule has 0 saturated heterocycles. The Morgan fingerprint density at radius 2 is 1.91 bits per heavy atom. The minimum absolute atomic E-state index is 0.0221. The molecule has 6 nitrogen and oxygen atoms in total. The molecule has 2 aromatic carbocycles. The fourth-order valence-electron chi connectivity index (χ4n) is 4.57. The second-order valence-electron chi connectivity index (χ2n) is 8.64. The number of amides is 2. The van der Waals surface area contributed by atoms with Crippen molar-refractivity contribution >= 4 is 50.9 Å². The van der Waals surface area contributed by atoms with Crippen LogP contribution in [0.1, 0.15) is 33.6 Å². The largest absolute Gasteiger partial charge is 0.369 e. The molecule has 2 N–H and O–H groups in total. The standard InChI is InChI=1S/C25H19BrCl2FN3O3/c26-15-8-20-22(21(29)9-15)25(14-1-3-16(27)4-2-14,35-12-13-7-19(13)23(30)33)32(24(20)34)11-18-6-5-17(28)10-31-18/h1-6,8-10,13,19H,7,11-12H2,(H2,30,33)/t13?,19?,25-/m1/s1. The number of nitrogens with zero attached hydrogens (tertiary/aromatic N) is 2. The molecule has 3 atom stereocenters. The maximum atomic E-state index is 15.7. The molecular weight excluding hydrogens is 560 g/mol. The van der Waals surface area contributed by atoms with Gasteiger partial charge in [-0.25, -0.2) is 4.39 Å². The van der Waals surface area contributed by atoms with Gasteiger partial charge in [-0.05, 0) is 48.7 Å². The number of hydrogen-bond donors (Lipinski definition) is 1. The molecule has 180 valence electrons. The van der Waals surface area contributed by atoms with Crippen LogP contribution in [0.4, 0.5) is 4.39 Å². The Bertz CT molecular complexity index is 1320. The van der Waals surface area contributed by atoms with Gasteiger partial charge in [0.05, 0.1) is 35.0 Å². The van der Waals surface area contributed by atoms with Gasteiger partial charge < -0.3 is 10.5 Å². The van der Waals surface area contributed by atoms with E-state index in [9.17, 15) is 9.59 Å². The van der Waals surface area contributed by atoms with Crippen molar-refractivity contribution in [2.75, 3.05) is 6.61 Å². The first-order chi connectivity index (χ1) is 16.7. The first kappa shape index (κ1) is 24.2. The second-order valence-corrected chi connectivity index (χ2v) is 10.4. The molecule has 3 aromatic rings. The van der Waals surface area contributed by atoms with Crippen LogP contribution in [0.25, 0.3) is 0 Å². The normalized spacial score (nSPS) is 22.9. The summed E-state index contributed by atoms with van der Waals surface area (Å²) in [6, 6.07) is 13.0. The van der Waals surface area contributed by atoms with E-state index in [-0.39, 0.29) is 36.1 Å². The van der Waals surface area contributed by atoms with Crippen LogP contribution in [0.2, 0.25) is 10.0 Å². The number of pyridine rings is 1. The molecule has 1 aromatic heterocycles. The van der Waals surface area contributed by atoms with Crippen molar-refractivity contribution in [1.82, 2.24) is 9.88 Å². The van der Waals surface area contributed by atoms with Gasteiger partial charge in [-0.3, -0.25) is 19.5 Å². The Morgan fingerprint density at radius 3 is 2.54 bits per heavy atom. The Labute approximate surface area is 219 Å². The van der Waals surface area contributed by atoms with Gasteiger partial charge in [0.1, 0.15) is 5.82 Å².